The lowest BCUT2D eigenvalue weighted by Crippen LogP contribution is -2.34. The van der Waals surface area contributed by atoms with Gasteiger partial charge in [-0.15, -0.1) is 0 Å². The fourth-order valence-corrected chi connectivity index (χ4v) is 2.40. The minimum absolute atomic E-state index is 0.0963. The molecule has 0 aliphatic carbocycles. The van der Waals surface area contributed by atoms with E-state index in [9.17, 15) is 4.39 Å². The molecule has 0 fully saturated rings. The van der Waals surface area contributed by atoms with Crippen LogP contribution in [-0.2, 0) is 0 Å². The zero-order valence-corrected chi connectivity index (χ0v) is 11.4. The Kier molecular flexibility index (Phi) is 3.34. The largest absolute Gasteiger partial charge is 0.375 e. The molecule has 0 atom stereocenters. The summed E-state index contributed by atoms with van der Waals surface area (Å²) in [7, 11) is 3.57. The van der Waals surface area contributed by atoms with Crippen LogP contribution >= 0.6 is 11.6 Å². The molecule has 2 rings (SSSR count). The van der Waals surface area contributed by atoms with Crippen molar-refractivity contribution in [2.75, 3.05) is 37.0 Å². The van der Waals surface area contributed by atoms with Crippen molar-refractivity contribution < 1.29 is 4.39 Å². The van der Waals surface area contributed by atoms with Gasteiger partial charge in [0.1, 0.15) is 0 Å². The van der Waals surface area contributed by atoms with Crippen LogP contribution in [0.25, 0.3) is 0 Å². The highest BCUT2D eigenvalue weighted by molar-refractivity contribution is 6.31. The van der Waals surface area contributed by atoms with Crippen molar-refractivity contribution in [2.45, 2.75) is 6.92 Å². The Morgan fingerprint density at radius 1 is 1.50 bits per heavy atom. The van der Waals surface area contributed by atoms with Gasteiger partial charge in [-0.2, -0.15) is 0 Å². The van der Waals surface area contributed by atoms with Gasteiger partial charge in [-0.25, -0.2) is 4.39 Å². The maximum absolute atomic E-state index is 14.0. The zero-order valence-electron chi connectivity index (χ0n) is 10.7. The molecule has 0 bridgehead atoms. The number of rotatable bonds is 2. The number of anilines is 2. The van der Waals surface area contributed by atoms with E-state index in [2.05, 4.69) is 4.99 Å². The molecule has 0 unspecified atom stereocenters. The zero-order chi connectivity index (χ0) is 13.4. The van der Waals surface area contributed by atoms with E-state index in [1.807, 2.05) is 11.8 Å². The van der Waals surface area contributed by atoms with Crippen molar-refractivity contribution in [1.82, 2.24) is 0 Å². The van der Waals surface area contributed by atoms with Crippen LogP contribution in [0.5, 0.6) is 0 Å². The first kappa shape index (κ1) is 13.0. The van der Waals surface area contributed by atoms with Crippen LogP contribution in [-0.4, -0.2) is 33.1 Å². The van der Waals surface area contributed by atoms with E-state index in [1.54, 1.807) is 25.1 Å². The van der Waals surface area contributed by atoms with Crippen LogP contribution in [0, 0.1) is 12.7 Å². The Balaban J connectivity index is 2.59. The minimum Gasteiger partial charge on any atom is -0.375 e. The molecular formula is C12H16ClFN4. The number of aliphatic imine (C=N–C) groups is 1. The Morgan fingerprint density at radius 2 is 2.17 bits per heavy atom. The van der Waals surface area contributed by atoms with Crippen molar-refractivity contribution >= 4 is 28.9 Å². The highest BCUT2D eigenvalue weighted by Gasteiger charge is 2.23. The number of halogens is 2. The van der Waals surface area contributed by atoms with Crippen molar-refractivity contribution in [3.63, 3.8) is 0 Å². The molecule has 0 saturated carbocycles. The topological polar surface area (TPSA) is 44.9 Å². The van der Waals surface area contributed by atoms with Gasteiger partial charge in [0.25, 0.3) is 0 Å². The molecule has 1 aliphatic heterocycles. The molecule has 0 amide bonds. The summed E-state index contributed by atoms with van der Waals surface area (Å²) in [5, 5.41) is 0.0963. The third kappa shape index (κ3) is 1.99. The summed E-state index contributed by atoms with van der Waals surface area (Å²) in [5.74, 6) is 0.0445. The summed E-state index contributed by atoms with van der Waals surface area (Å²) < 4.78 is 14.0. The third-order valence-corrected chi connectivity index (χ3v) is 3.31. The van der Waals surface area contributed by atoms with Gasteiger partial charge in [0.15, 0.2) is 11.8 Å². The predicted molar refractivity (Wildman–Crippen MR) is 74.3 cm³/mol. The van der Waals surface area contributed by atoms with Gasteiger partial charge < -0.3 is 15.5 Å². The monoisotopic (exact) mass is 270 g/mol. The molecule has 1 aliphatic rings. The maximum atomic E-state index is 14.0. The SMILES string of the molecule is Cc1c(N2CCN=C2N)cc(Cl)c(F)c1N(C)C. The number of hydrogen-bond donors (Lipinski definition) is 1. The summed E-state index contributed by atoms with van der Waals surface area (Å²) in [5.41, 5.74) is 7.92. The lowest BCUT2D eigenvalue weighted by atomic mass is 10.1. The van der Waals surface area contributed by atoms with Crippen molar-refractivity contribution in [3.8, 4) is 0 Å². The van der Waals surface area contributed by atoms with Crippen LogP contribution in [0.4, 0.5) is 15.8 Å². The quantitative estimate of drug-likeness (QED) is 0.894. The molecule has 0 aromatic heterocycles. The first-order valence-electron chi connectivity index (χ1n) is 5.67. The molecule has 0 radical (unpaired) electrons. The van der Waals surface area contributed by atoms with E-state index in [1.165, 1.54) is 0 Å². The van der Waals surface area contributed by atoms with Gasteiger partial charge in [-0.3, -0.25) is 4.99 Å². The van der Waals surface area contributed by atoms with Crippen molar-refractivity contribution in [1.29, 1.82) is 0 Å². The smallest absolute Gasteiger partial charge is 0.195 e. The highest BCUT2D eigenvalue weighted by Crippen LogP contribution is 2.36. The van der Waals surface area contributed by atoms with E-state index < -0.39 is 5.82 Å². The second-order valence-electron chi connectivity index (χ2n) is 4.45. The predicted octanol–water partition coefficient (Wildman–Crippen LogP) is 1.99. The average molecular weight is 271 g/mol. The molecule has 1 heterocycles. The number of hydrogen-bond acceptors (Lipinski definition) is 4. The summed E-state index contributed by atoms with van der Waals surface area (Å²) in [6, 6.07) is 1.60. The molecule has 2 N–H and O–H groups in total. The molecule has 6 heteroatoms. The molecule has 0 saturated heterocycles. The van der Waals surface area contributed by atoms with E-state index in [-0.39, 0.29) is 5.02 Å². The Labute approximate surface area is 111 Å². The standard InChI is InChI=1S/C12H16ClFN4/c1-7-9(18-5-4-16-12(18)15)6-8(13)10(14)11(7)17(2)3/h6H,4-5H2,1-3H3,(H2,15,16). The fraction of sp³-hybridized carbons (Fsp3) is 0.417. The van der Waals surface area contributed by atoms with Crippen LogP contribution in [0.1, 0.15) is 5.56 Å². The second kappa shape index (κ2) is 4.65. The number of nitrogens with zero attached hydrogens (tertiary/aromatic N) is 3. The van der Waals surface area contributed by atoms with Crippen LogP contribution < -0.4 is 15.5 Å². The van der Waals surface area contributed by atoms with Crippen LogP contribution in [0.3, 0.4) is 0 Å². The molecular weight excluding hydrogens is 255 g/mol. The summed E-state index contributed by atoms with van der Waals surface area (Å²) in [6.07, 6.45) is 0. The van der Waals surface area contributed by atoms with E-state index in [0.717, 1.165) is 11.3 Å². The van der Waals surface area contributed by atoms with Gasteiger partial charge in [0.05, 0.1) is 22.9 Å². The number of guanidine groups is 1. The number of nitrogens with two attached hydrogens (primary N) is 1. The third-order valence-electron chi connectivity index (χ3n) is 3.03. The molecule has 0 spiro atoms. The van der Waals surface area contributed by atoms with E-state index >= 15 is 0 Å². The maximum Gasteiger partial charge on any atom is 0.195 e. The fourth-order valence-electron chi connectivity index (χ4n) is 2.21. The molecule has 98 valence electrons. The summed E-state index contributed by atoms with van der Waals surface area (Å²) >= 11 is 5.95. The second-order valence-corrected chi connectivity index (χ2v) is 4.86. The van der Waals surface area contributed by atoms with E-state index in [0.29, 0.717) is 24.7 Å². The minimum atomic E-state index is -0.405. The van der Waals surface area contributed by atoms with Crippen molar-refractivity contribution in [3.05, 3.63) is 22.5 Å². The van der Waals surface area contributed by atoms with Gasteiger partial charge in [0.2, 0.25) is 0 Å². The van der Waals surface area contributed by atoms with Gasteiger partial charge >= 0.3 is 0 Å². The van der Waals surface area contributed by atoms with E-state index in [4.69, 9.17) is 17.3 Å². The molecule has 18 heavy (non-hydrogen) atoms. The first-order chi connectivity index (χ1) is 8.43. The molecule has 1 aromatic carbocycles. The van der Waals surface area contributed by atoms with Crippen molar-refractivity contribution in [2.24, 2.45) is 10.7 Å². The first-order valence-corrected chi connectivity index (χ1v) is 6.04. The normalized spacial score (nSPS) is 14.9. The average Bonchev–Trinajstić information content (AvgIpc) is 2.70. The molecule has 4 nitrogen and oxygen atoms in total. The Hall–Kier alpha value is -1.49. The lowest BCUT2D eigenvalue weighted by molar-refractivity contribution is 0.625. The Bertz CT molecular complexity index is 513. The van der Waals surface area contributed by atoms with Gasteiger partial charge in [0, 0.05) is 20.6 Å². The van der Waals surface area contributed by atoms with Crippen LogP contribution in [0.15, 0.2) is 11.1 Å². The lowest BCUT2D eigenvalue weighted by Gasteiger charge is -2.25. The van der Waals surface area contributed by atoms with Crippen LogP contribution in [0.2, 0.25) is 5.02 Å². The molecule has 1 aromatic rings. The summed E-state index contributed by atoms with van der Waals surface area (Å²) in [6.45, 7) is 3.20. The highest BCUT2D eigenvalue weighted by atomic mass is 35.5. The van der Waals surface area contributed by atoms with Gasteiger partial charge in [-0.05, 0) is 18.6 Å². The Morgan fingerprint density at radius 3 is 2.67 bits per heavy atom. The number of benzene rings is 1. The summed E-state index contributed by atoms with van der Waals surface area (Å²) in [4.78, 5) is 7.70. The van der Waals surface area contributed by atoms with Gasteiger partial charge in [-0.1, -0.05) is 11.6 Å².